The number of carbonyl (C=O) groups is 2. The van der Waals surface area contributed by atoms with E-state index in [2.05, 4.69) is 4.74 Å². The lowest BCUT2D eigenvalue weighted by molar-refractivity contribution is -0.150. The normalized spacial score (nSPS) is 21.2. The van der Waals surface area contributed by atoms with Crippen LogP contribution in [0.1, 0.15) is 12.0 Å². The standard InChI is InChI=1S/C15H19NO5/c1-20-12-5-3-4-10(6-12)7-14(18)16-9-11(17)8-13(16)15(19)21-2/h3-6,11,13,17H,7-9H2,1-2H3. The van der Waals surface area contributed by atoms with Gasteiger partial charge in [-0.15, -0.1) is 0 Å². The Morgan fingerprint density at radius 3 is 2.81 bits per heavy atom. The van der Waals surface area contributed by atoms with Gasteiger partial charge in [0.1, 0.15) is 11.8 Å². The van der Waals surface area contributed by atoms with Gasteiger partial charge in [-0.3, -0.25) is 4.79 Å². The molecule has 0 bridgehead atoms. The number of hydrogen-bond acceptors (Lipinski definition) is 5. The van der Waals surface area contributed by atoms with E-state index in [1.807, 2.05) is 6.07 Å². The Balaban J connectivity index is 2.09. The summed E-state index contributed by atoms with van der Waals surface area (Å²) >= 11 is 0. The van der Waals surface area contributed by atoms with Crippen LogP contribution in [0.4, 0.5) is 0 Å². The van der Waals surface area contributed by atoms with E-state index in [0.29, 0.717) is 5.75 Å². The molecule has 1 aliphatic rings. The summed E-state index contributed by atoms with van der Waals surface area (Å²) in [5, 5.41) is 9.69. The topological polar surface area (TPSA) is 76.1 Å². The molecule has 0 aromatic heterocycles. The molecule has 1 saturated heterocycles. The summed E-state index contributed by atoms with van der Waals surface area (Å²) in [6, 6.07) is 6.49. The summed E-state index contributed by atoms with van der Waals surface area (Å²) in [5.41, 5.74) is 0.796. The van der Waals surface area contributed by atoms with Crippen LogP contribution in [0.2, 0.25) is 0 Å². The maximum atomic E-state index is 12.4. The molecule has 2 atom stereocenters. The molecule has 1 aromatic carbocycles. The highest BCUT2D eigenvalue weighted by Gasteiger charge is 2.39. The molecule has 1 aliphatic heterocycles. The second-order valence-corrected chi connectivity index (χ2v) is 5.00. The lowest BCUT2D eigenvalue weighted by atomic mass is 10.1. The number of nitrogens with zero attached hydrogens (tertiary/aromatic N) is 1. The SMILES string of the molecule is COC(=O)C1CC(O)CN1C(=O)Cc1cccc(OC)c1. The van der Waals surface area contributed by atoms with Crippen molar-refractivity contribution in [2.75, 3.05) is 20.8 Å². The first kappa shape index (κ1) is 15.3. The number of likely N-dealkylation sites (tertiary alicyclic amines) is 1. The number of benzene rings is 1. The molecule has 1 amide bonds. The van der Waals surface area contributed by atoms with E-state index in [-0.39, 0.29) is 25.3 Å². The van der Waals surface area contributed by atoms with Gasteiger partial charge in [-0.05, 0) is 17.7 Å². The maximum Gasteiger partial charge on any atom is 0.328 e. The molecule has 21 heavy (non-hydrogen) atoms. The van der Waals surface area contributed by atoms with Crippen molar-refractivity contribution in [3.63, 3.8) is 0 Å². The van der Waals surface area contributed by atoms with E-state index in [1.165, 1.54) is 12.0 Å². The van der Waals surface area contributed by atoms with Gasteiger partial charge in [0.15, 0.2) is 0 Å². The zero-order valence-corrected chi connectivity index (χ0v) is 12.1. The van der Waals surface area contributed by atoms with Crippen molar-refractivity contribution in [2.45, 2.75) is 25.0 Å². The molecule has 2 rings (SSSR count). The van der Waals surface area contributed by atoms with E-state index < -0.39 is 18.1 Å². The number of aliphatic hydroxyl groups excluding tert-OH is 1. The number of aliphatic hydroxyl groups is 1. The third-order valence-corrected chi connectivity index (χ3v) is 3.56. The third-order valence-electron chi connectivity index (χ3n) is 3.56. The van der Waals surface area contributed by atoms with E-state index in [4.69, 9.17) is 4.74 Å². The first-order chi connectivity index (χ1) is 10.0. The molecule has 114 valence electrons. The number of esters is 1. The predicted molar refractivity (Wildman–Crippen MR) is 74.8 cm³/mol. The van der Waals surface area contributed by atoms with Crippen LogP contribution in [0.15, 0.2) is 24.3 Å². The van der Waals surface area contributed by atoms with Gasteiger partial charge < -0.3 is 19.5 Å². The first-order valence-electron chi connectivity index (χ1n) is 6.73. The van der Waals surface area contributed by atoms with Gasteiger partial charge in [0.05, 0.1) is 26.7 Å². The fourth-order valence-corrected chi connectivity index (χ4v) is 2.51. The second kappa shape index (κ2) is 6.58. The van der Waals surface area contributed by atoms with E-state index in [1.54, 1.807) is 25.3 Å². The highest BCUT2D eigenvalue weighted by atomic mass is 16.5. The van der Waals surface area contributed by atoms with Crippen molar-refractivity contribution < 1.29 is 24.2 Å². The average molecular weight is 293 g/mol. The Hall–Kier alpha value is -2.08. The van der Waals surface area contributed by atoms with Crippen molar-refractivity contribution in [1.82, 2.24) is 4.90 Å². The van der Waals surface area contributed by atoms with Gasteiger partial charge in [-0.25, -0.2) is 4.79 Å². The lowest BCUT2D eigenvalue weighted by Crippen LogP contribution is -2.42. The molecule has 0 spiro atoms. The number of β-amino-alcohol motifs (C(OH)–C–C–N with tert-alkyl or cyclic N) is 1. The van der Waals surface area contributed by atoms with Gasteiger partial charge in [0.25, 0.3) is 0 Å². The maximum absolute atomic E-state index is 12.4. The Morgan fingerprint density at radius 2 is 2.14 bits per heavy atom. The van der Waals surface area contributed by atoms with Crippen LogP contribution in [0.5, 0.6) is 5.75 Å². The summed E-state index contributed by atoms with van der Waals surface area (Å²) in [4.78, 5) is 25.4. The van der Waals surface area contributed by atoms with Crippen LogP contribution in [0, 0.1) is 0 Å². The van der Waals surface area contributed by atoms with Crippen molar-refractivity contribution >= 4 is 11.9 Å². The van der Waals surface area contributed by atoms with Crippen LogP contribution >= 0.6 is 0 Å². The van der Waals surface area contributed by atoms with Crippen LogP contribution in [0.25, 0.3) is 0 Å². The molecule has 0 aliphatic carbocycles. The van der Waals surface area contributed by atoms with Crippen molar-refractivity contribution in [3.8, 4) is 5.75 Å². The molecule has 6 heteroatoms. The molecular formula is C15H19NO5. The highest BCUT2D eigenvalue weighted by molar-refractivity contribution is 5.86. The molecule has 1 aromatic rings. The molecule has 2 unspecified atom stereocenters. The number of hydrogen-bond donors (Lipinski definition) is 1. The van der Waals surface area contributed by atoms with Gasteiger partial charge in [0, 0.05) is 13.0 Å². The van der Waals surface area contributed by atoms with Gasteiger partial charge in [-0.2, -0.15) is 0 Å². The summed E-state index contributed by atoms with van der Waals surface area (Å²) in [7, 11) is 2.84. The summed E-state index contributed by atoms with van der Waals surface area (Å²) < 4.78 is 9.80. The largest absolute Gasteiger partial charge is 0.497 e. The molecule has 1 fully saturated rings. The minimum Gasteiger partial charge on any atom is -0.497 e. The molecule has 6 nitrogen and oxygen atoms in total. The number of ether oxygens (including phenoxy) is 2. The minimum absolute atomic E-state index is 0.150. The molecular weight excluding hydrogens is 274 g/mol. The van der Waals surface area contributed by atoms with Crippen LogP contribution < -0.4 is 4.74 Å². The quantitative estimate of drug-likeness (QED) is 0.812. The van der Waals surface area contributed by atoms with Gasteiger partial charge in [0.2, 0.25) is 5.91 Å². The number of carbonyl (C=O) groups excluding carboxylic acids is 2. The number of rotatable bonds is 4. The molecule has 1 N–H and O–H groups in total. The lowest BCUT2D eigenvalue weighted by Gasteiger charge is -2.22. The molecule has 0 saturated carbocycles. The van der Waals surface area contributed by atoms with Crippen molar-refractivity contribution in [2.24, 2.45) is 0 Å². The monoisotopic (exact) mass is 293 g/mol. The summed E-state index contributed by atoms with van der Waals surface area (Å²) in [6.45, 7) is 0.155. The van der Waals surface area contributed by atoms with E-state index >= 15 is 0 Å². The van der Waals surface area contributed by atoms with Crippen LogP contribution in [0.3, 0.4) is 0 Å². The zero-order valence-electron chi connectivity index (χ0n) is 12.1. The number of amides is 1. The van der Waals surface area contributed by atoms with Crippen LogP contribution in [-0.2, 0) is 20.7 Å². The smallest absolute Gasteiger partial charge is 0.328 e. The Bertz CT molecular complexity index is 531. The Morgan fingerprint density at radius 1 is 1.38 bits per heavy atom. The Kier molecular flexibility index (Phi) is 4.80. The molecule has 1 heterocycles. The van der Waals surface area contributed by atoms with Gasteiger partial charge in [-0.1, -0.05) is 12.1 Å². The number of methoxy groups -OCH3 is 2. The predicted octanol–water partition coefficient (Wildman–Crippen LogP) is 0.372. The average Bonchev–Trinajstić information content (AvgIpc) is 2.88. The van der Waals surface area contributed by atoms with E-state index in [0.717, 1.165) is 5.56 Å². The fraction of sp³-hybridized carbons (Fsp3) is 0.467. The highest BCUT2D eigenvalue weighted by Crippen LogP contribution is 2.21. The Labute approximate surface area is 123 Å². The summed E-state index contributed by atoms with van der Waals surface area (Å²) in [5.74, 6) is -0.0352. The molecule has 0 radical (unpaired) electrons. The van der Waals surface area contributed by atoms with Gasteiger partial charge >= 0.3 is 5.97 Å². The zero-order chi connectivity index (χ0) is 15.4. The van der Waals surface area contributed by atoms with E-state index in [9.17, 15) is 14.7 Å². The minimum atomic E-state index is -0.705. The third kappa shape index (κ3) is 3.52. The van der Waals surface area contributed by atoms with Crippen molar-refractivity contribution in [3.05, 3.63) is 29.8 Å². The first-order valence-corrected chi connectivity index (χ1v) is 6.73. The van der Waals surface area contributed by atoms with Crippen LogP contribution in [-0.4, -0.2) is 54.8 Å². The van der Waals surface area contributed by atoms with Crippen molar-refractivity contribution in [1.29, 1.82) is 0 Å². The second-order valence-electron chi connectivity index (χ2n) is 5.00. The summed E-state index contributed by atoms with van der Waals surface area (Å²) in [6.07, 6.45) is -0.322. The fourth-order valence-electron chi connectivity index (χ4n) is 2.51.